The topological polar surface area (TPSA) is 164 Å². The Morgan fingerprint density at radius 3 is 2.25 bits per heavy atom. The Morgan fingerprint density at radius 2 is 1.66 bits per heavy atom. The molecule has 0 radical (unpaired) electrons. The van der Waals surface area contributed by atoms with Crippen LogP contribution in [0.15, 0.2) is 54.9 Å². The minimum absolute atomic E-state index is 0.0544. The van der Waals surface area contributed by atoms with E-state index in [1.165, 1.54) is 6.07 Å². The molecule has 1 aliphatic heterocycles. The van der Waals surface area contributed by atoms with Crippen LogP contribution < -0.4 is 14.2 Å². The molecule has 238 valence electrons. The van der Waals surface area contributed by atoms with Gasteiger partial charge in [-0.1, -0.05) is 18.2 Å². The highest BCUT2D eigenvalue weighted by Gasteiger charge is 2.44. The van der Waals surface area contributed by atoms with Crippen LogP contribution >= 0.6 is 0 Å². The van der Waals surface area contributed by atoms with Gasteiger partial charge in [-0.2, -0.15) is 8.78 Å². The van der Waals surface area contributed by atoms with Crippen molar-refractivity contribution in [2.45, 2.75) is 88.1 Å². The van der Waals surface area contributed by atoms with Gasteiger partial charge in [0, 0.05) is 24.4 Å². The van der Waals surface area contributed by atoms with E-state index in [9.17, 15) is 34.3 Å². The van der Waals surface area contributed by atoms with E-state index in [0.29, 0.717) is 12.1 Å². The maximum atomic E-state index is 13.1. The number of aliphatic hydroxyl groups is 5. The summed E-state index contributed by atoms with van der Waals surface area (Å²) in [5.41, 5.74) is 1.64. The molecule has 3 heterocycles. The summed E-state index contributed by atoms with van der Waals surface area (Å²) in [5, 5.41) is 50.1. The van der Waals surface area contributed by atoms with Crippen LogP contribution in [0.1, 0.15) is 55.0 Å². The van der Waals surface area contributed by atoms with E-state index >= 15 is 0 Å². The highest BCUT2D eigenvalue weighted by Crippen LogP contribution is 2.39. The van der Waals surface area contributed by atoms with Crippen molar-refractivity contribution in [3.63, 3.8) is 0 Å². The highest BCUT2D eigenvalue weighted by atomic mass is 19.3. The monoisotopic (exact) mass is 618 g/mol. The molecule has 2 fully saturated rings. The minimum Gasteiger partial charge on any atom is -0.487 e. The molecule has 0 spiro atoms. The fraction of sp³-hybridized carbons (Fsp3) is 0.484. The van der Waals surface area contributed by atoms with Crippen LogP contribution in [0.4, 0.5) is 8.78 Å². The zero-order chi connectivity index (χ0) is 31.6. The first-order chi connectivity index (χ1) is 20.9. The van der Waals surface area contributed by atoms with Crippen LogP contribution in [0.3, 0.4) is 0 Å². The summed E-state index contributed by atoms with van der Waals surface area (Å²) in [6.45, 7) is -0.330. The number of halogens is 2. The van der Waals surface area contributed by atoms with Crippen molar-refractivity contribution in [3.05, 3.63) is 77.2 Å². The van der Waals surface area contributed by atoms with Crippen LogP contribution in [-0.4, -0.2) is 85.5 Å². The summed E-state index contributed by atoms with van der Waals surface area (Å²) in [5.74, 6) is -0.0991. The maximum absolute atomic E-state index is 13.1. The molecule has 1 aromatic carbocycles. The third-order valence-electron chi connectivity index (χ3n) is 7.54. The van der Waals surface area contributed by atoms with Gasteiger partial charge >= 0.3 is 6.61 Å². The second-order valence-corrected chi connectivity index (χ2v) is 11.5. The molecule has 6 atom stereocenters. The number of benzene rings is 1. The standard InChI is InChI=1S/C31H36F2N2O9/c1-31(2,40)24-9-5-18(14-34-24)20(17-4-8-21(43-30(32)33)22(12-17)41-19-6-7-19)11-16-3-10-25(35-13-16)44-29-28(39)27(38)26(37)23(15-36)42-29/h3-5,8-10,12-14,19-20,23,26-30,36-40H,6-7,11,15H2,1-2H3/t20-,23?,26-,27?,28-,29-/m0/s1. The van der Waals surface area contributed by atoms with Crippen LogP contribution in [0, 0.1) is 0 Å². The van der Waals surface area contributed by atoms with Gasteiger partial charge in [-0.25, -0.2) is 4.98 Å². The molecule has 13 heteroatoms. The maximum Gasteiger partial charge on any atom is 0.387 e. The lowest BCUT2D eigenvalue weighted by atomic mass is 9.86. The lowest BCUT2D eigenvalue weighted by Crippen LogP contribution is -2.60. The van der Waals surface area contributed by atoms with Crippen molar-refractivity contribution >= 4 is 0 Å². The number of aromatic nitrogens is 2. The zero-order valence-corrected chi connectivity index (χ0v) is 24.2. The van der Waals surface area contributed by atoms with Crippen molar-refractivity contribution in [1.29, 1.82) is 0 Å². The average Bonchev–Trinajstić information content (AvgIpc) is 3.81. The van der Waals surface area contributed by atoms with E-state index < -0.39 is 49.5 Å². The van der Waals surface area contributed by atoms with E-state index in [2.05, 4.69) is 9.97 Å². The number of rotatable bonds is 12. The van der Waals surface area contributed by atoms with E-state index in [-0.39, 0.29) is 29.4 Å². The molecular formula is C31H36F2N2O9. The fourth-order valence-corrected chi connectivity index (χ4v) is 4.91. The molecule has 5 N–H and O–H groups in total. The first-order valence-electron chi connectivity index (χ1n) is 14.3. The van der Waals surface area contributed by atoms with Crippen LogP contribution in [0.2, 0.25) is 0 Å². The highest BCUT2D eigenvalue weighted by molar-refractivity contribution is 5.47. The predicted molar refractivity (Wildman–Crippen MR) is 150 cm³/mol. The minimum atomic E-state index is -3.01. The summed E-state index contributed by atoms with van der Waals surface area (Å²) in [4.78, 5) is 8.76. The average molecular weight is 619 g/mol. The van der Waals surface area contributed by atoms with Crippen LogP contribution in [0.5, 0.6) is 17.4 Å². The Balaban J connectivity index is 1.40. The van der Waals surface area contributed by atoms with Crippen molar-refractivity contribution in [2.75, 3.05) is 6.61 Å². The van der Waals surface area contributed by atoms with Gasteiger partial charge in [0.05, 0.1) is 18.4 Å². The van der Waals surface area contributed by atoms with E-state index in [1.807, 2.05) is 6.07 Å². The number of nitrogens with zero attached hydrogens (tertiary/aromatic N) is 2. The smallest absolute Gasteiger partial charge is 0.387 e. The number of ether oxygens (including phenoxy) is 4. The molecule has 0 amide bonds. The lowest BCUT2D eigenvalue weighted by molar-refractivity contribution is -0.278. The van der Waals surface area contributed by atoms with Crippen molar-refractivity contribution in [3.8, 4) is 17.4 Å². The second kappa shape index (κ2) is 13.3. The zero-order valence-electron chi connectivity index (χ0n) is 24.2. The van der Waals surface area contributed by atoms with Gasteiger partial charge in [0.25, 0.3) is 0 Å². The van der Waals surface area contributed by atoms with E-state index in [4.69, 9.17) is 18.9 Å². The quantitative estimate of drug-likeness (QED) is 0.203. The second-order valence-electron chi connectivity index (χ2n) is 11.5. The molecule has 11 nitrogen and oxygen atoms in total. The third-order valence-corrected chi connectivity index (χ3v) is 7.54. The molecule has 0 bridgehead atoms. The van der Waals surface area contributed by atoms with Crippen LogP contribution in [0.25, 0.3) is 0 Å². The normalized spacial score (nSPS) is 24.6. The molecule has 3 aromatic rings. The Kier molecular flexibility index (Phi) is 9.63. The molecule has 1 aliphatic carbocycles. The Labute approximate surface area is 252 Å². The molecule has 2 unspecified atom stereocenters. The number of pyridine rings is 2. The van der Waals surface area contributed by atoms with Gasteiger partial charge in [0.2, 0.25) is 12.2 Å². The van der Waals surface area contributed by atoms with Crippen molar-refractivity contribution in [2.24, 2.45) is 0 Å². The molecule has 44 heavy (non-hydrogen) atoms. The SMILES string of the molecule is CC(C)(O)c1ccc([C@@H](Cc2ccc(O[C@@H]3OC(CO)[C@H](O)C(O)[C@@H]3O)nc2)c2ccc(OC(F)F)c(OC3CC3)c2)cn1. The first kappa shape index (κ1) is 31.9. The summed E-state index contributed by atoms with van der Waals surface area (Å²) in [6.07, 6.45) is -1.98. The van der Waals surface area contributed by atoms with Crippen LogP contribution in [-0.2, 0) is 16.8 Å². The van der Waals surface area contributed by atoms with Gasteiger partial charge < -0.3 is 44.5 Å². The number of aliphatic hydroxyl groups excluding tert-OH is 4. The van der Waals surface area contributed by atoms with Gasteiger partial charge in [-0.15, -0.1) is 0 Å². The molecule has 2 aromatic heterocycles. The molecular weight excluding hydrogens is 582 g/mol. The van der Waals surface area contributed by atoms with Crippen molar-refractivity contribution < 1.29 is 53.3 Å². The Hall–Kier alpha value is -3.46. The fourth-order valence-electron chi connectivity index (χ4n) is 4.91. The summed E-state index contributed by atoms with van der Waals surface area (Å²) in [7, 11) is 0. The van der Waals surface area contributed by atoms with Gasteiger partial charge in [-0.3, -0.25) is 4.98 Å². The van der Waals surface area contributed by atoms with Gasteiger partial charge in [0.15, 0.2) is 11.5 Å². The summed E-state index contributed by atoms with van der Waals surface area (Å²) in [6, 6.07) is 11.7. The van der Waals surface area contributed by atoms with Gasteiger partial charge in [-0.05, 0) is 68.0 Å². The largest absolute Gasteiger partial charge is 0.487 e. The Bertz CT molecular complexity index is 1380. The summed E-state index contributed by atoms with van der Waals surface area (Å²) < 4.78 is 47.8. The number of hydrogen-bond donors (Lipinski definition) is 5. The number of alkyl halides is 2. The van der Waals surface area contributed by atoms with E-state index in [0.717, 1.165) is 29.5 Å². The molecule has 2 aliphatic rings. The lowest BCUT2D eigenvalue weighted by Gasteiger charge is -2.39. The number of hydrogen-bond acceptors (Lipinski definition) is 11. The Morgan fingerprint density at radius 1 is 0.909 bits per heavy atom. The summed E-state index contributed by atoms with van der Waals surface area (Å²) >= 11 is 0. The van der Waals surface area contributed by atoms with Crippen molar-refractivity contribution in [1.82, 2.24) is 9.97 Å². The molecule has 1 saturated carbocycles. The third kappa shape index (κ3) is 7.60. The predicted octanol–water partition coefficient (Wildman–Crippen LogP) is 2.40. The van der Waals surface area contributed by atoms with Gasteiger partial charge in [0.1, 0.15) is 30.0 Å². The van der Waals surface area contributed by atoms with E-state index in [1.54, 1.807) is 56.6 Å². The molecule has 1 saturated heterocycles. The molecule has 5 rings (SSSR count). The first-order valence-corrected chi connectivity index (χ1v) is 14.3.